The summed E-state index contributed by atoms with van der Waals surface area (Å²) in [5.41, 5.74) is 0.879. The van der Waals surface area contributed by atoms with Gasteiger partial charge in [-0.25, -0.2) is 8.42 Å². The van der Waals surface area contributed by atoms with Crippen LogP contribution in [0.15, 0.2) is 41.3 Å². The molecule has 2 rings (SSSR count). The van der Waals surface area contributed by atoms with E-state index in [-0.39, 0.29) is 5.91 Å². The number of hydrogen-bond donors (Lipinski definition) is 1. The van der Waals surface area contributed by atoms with Crippen LogP contribution in [0.5, 0.6) is 0 Å². The highest BCUT2D eigenvalue weighted by Gasteiger charge is 2.14. The molecule has 0 aliphatic carbocycles. The van der Waals surface area contributed by atoms with Gasteiger partial charge < -0.3 is 0 Å². The van der Waals surface area contributed by atoms with Gasteiger partial charge in [0, 0.05) is 18.4 Å². The monoisotopic (exact) mass is 384 g/mol. The van der Waals surface area contributed by atoms with E-state index >= 15 is 0 Å². The molecule has 24 heavy (non-hydrogen) atoms. The Kier molecular flexibility index (Phi) is 5.97. The SMILES string of the molecule is C=CCSc1nnc(NC(=O)c2ccc(N(C)S(C)(=O)=O)cc2)s1. The van der Waals surface area contributed by atoms with Crippen LogP contribution in [-0.4, -0.2) is 43.6 Å². The van der Waals surface area contributed by atoms with Crippen molar-refractivity contribution in [3.63, 3.8) is 0 Å². The zero-order valence-corrected chi connectivity index (χ0v) is 15.5. The molecule has 1 heterocycles. The summed E-state index contributed by atoms with van der Waals surface area (Å²) >= 11 is 2.77. The number of nitrogens with one attached hydrogen (secondary N) is 1. The topological polar surface area (TPSA) is 92.3 Å². The second-order valence-corrected chi connectivity index (χ2v) is 8.96. The normalized spacial score (nSPS) is 11.1. The fourth-order valence-corrected chi connectivity index (χ4v) is 3.65. The van der Waals surface area contributed by atoms with Crippen molar-refractivity contribution < 1.29 is 13.2 Å². The van der Waals surface area contributed by atoms with Crippen LogP contribution < -0.4 is 9.62 Å². The lowest BCUT2D eigenvalue weighted by Crippen LogP contribution is -2.24. The first-order chi connectivity index (χ1) is 11.3. The summed E-state index contributed by atoms with van der Waals surface area (Å²) in [4.78, 5) is 12.2. The quantitative estimate of drug-likeness (QED) is 0.448. The highest BCUT2D eigenvalue weighted by atomic mass is 32.2. The van der Waals surface area contributed by atoms with E-state index in [2.05, 4.69) is 22.1 Å². The average Bonchev–Trinajstić information content (AvgIpc) is 2.98. The summed E-state index contributed by atoms with van der Waals surface area (Å²) < 4.78 is 24.9. The molecule has 1 aromatic carbocycles. The van der Waals surface area contributed by atoms with Crippen molar-refractivity contribution >= 4 is 49.8 Å². The van der Waals surface area contributed by atoms with Gasteiger partial charge in [0.15, 0.2) is 4.34 Å². The number of nitrogens with zero attached hydrogens (tertiary/aromatic N) is 3. The van der Waals surface area contributed by atoms with Gasteiger partial charge >= 0.3 is 0 Å². The fraction of sp³-hybridized carbons (Fsp3) is 0.214. The molecule has 0 spiro atoms. The summed E-state index contributed by atoms with van der Waals surface area (Å²) in [6, 6.07) is 6.25. The molecule has 1 N–H and O–H groups in total. The van der Waals surface area contributed by atoms with Crippen molar-refractivity contribution in [3.8, 4) is 0 Å². The summed E-state index contributed by atoms with van der Waals surface area (Å²) in [7, 11) is -1.88. The minimum absolute atomic E-state index is 0.333. The molecule has 0 unspecified atom stereocenters. The highest BCUT2D eigenvalue weighted by molar-refractivity contribution is 8.01. The number of aromatic nitrogens is 2. The molecule has 128 valence electrons. The van der Waals surface area contributed by atoms with Crippen LogP contribution in [0.3, 0.4) is 0 Å². The van der Waals surface area contributed by atoms with Gasteiger partial charge in [0.25, 0.3) is 5.91 Å². The van der Waals surface area contributed by atoms with Gasteiger partial charge in [-0.1, -0.05) is 29.2 Å². The maximum atomic E-state index is 12.2. The van der Waals surface area contributed by atoms with Crippen molar-refractivity contribution in [3.05, 3.63) is 42.5 Å². The lowest BCUT2D eigenvalue weighted by atomic mass is 10.2. The standard InChI is InChI=1S/C14H16N4O3S3/c1-4-9-22-14-17-16-13(23-14)15-12(19)10-5-7-11(8-6-10)18(2)24(3,20)21/h4-8H,1,9H2,2-3H3,(H,15,16,19). The minimum Gasteiger partial charge on any atom is -0.296 e. The van der Waals surface area contributed by atoms with Gasteiger partial charge in [-0.2, -0.15) is 0 Å². The molecule has 10 heteroatoms. The number of amides is 1. The van der Waals surface area contributed by atoms with Crippen molar-refractivity contribution in [2.45, 2.75) is 4.34 Å². The lowest BCUT2D eigenvalue weighted by Gasteiger charge is -2.16. The smallest absolute Gasteiger partial charge is 0.257 e. The Morgan fingerprint density at radius 3 is 2.62 bits per heavy atom. The van der Waals surface area contributed by atoms with Crippen LogP contribution in [0.25, 0.3) is 0 Å². The van der Waals surface area contributed by atoms with Gasteiger partial charge in [0.05, 0.1) is 11.9 Å². The molecule has 0 saturated carbocycles. The maximum Gasteiger partial charge on any atom is 0.257 e. The van der Waals surface area contributed by atoms with E-state index in [0.717, 1.165) is 20.7 Å². The molecular weight excluding hydrogens is 368 g/mol. The Hall–Kier alpha value is -1.91. The third-order valence-electron chi connectivity index (χ3n) is 2.94. The van der Waals surface area contributed by atoms with E-state index in [9.17, 15) is 13.2 Å². The minimum atomic E-state index is -3.34. The molecular formula is C14H16N4O3S3. The van der Waals surface area contributed by atoms with Crippen LogP contribution in [0, 0.1) is 0 Å². The van der Waals surface area contributed by atoms with Crippen molar-refractivity contribution in [1.29, 1.82) is 0 Å². The Labute approximate surface area is 148 Å². The lowest BCUT2D eigenvalue weighted by molar-refractivity contribution is 0.102. The number of thioether (sulfide) groups is 1. The van der Waals surface area contributed by atoms with Gasteiger partial charge in [0.1, 0.15) is 0 Å². The van der Waals surface area contributed by atoms with Crippen molar-refractivity contribution in [1.82, 2.24) is 10.2 Å². The zero-order valence-electron chi connectivity index (χ0n) is 13.1. The Morgan fingerprint density at radius 2 is 2.04 bits per heavy atom. The highest BCUT2D eigenvalue weighted by Crippen LogP contribution is 2.26. The molecule has 7 nitrogen and oxygen atoms in total. The first kappa shape index (κ1) is 18.4. The third kappa shape index (κ3) is 4.79. The van der Waals surface area contributed by atoms with Crippen LogP contribution in [0.1, 0.15) is 10.4 Å². The maximum absolute atomic E-state index is 12.2. The second-order valence-electron chi connectivity index (χ2n) is 4.70. The molecule has 0 atom stereocenters. The van der Waals surface area contributed by atoms with Gasteiger partial charge in [-0.05, 0) is 24.3 Å². The number of hydrogen-bond acceptors (Lipinski definition) is 7. The van der Waals surface area contributed by atoms with Gasteiger partial charge in [-0.3, -0.25) is 14.4 Å². The first-order valence-corrected chi connectivity index (χ1v) is 10.4. The van der Waals surface area contributed by atoms with E-state index in [1.165, 1.54) is 30.1 Å². The van der Waals surface area contributed by atoms with Gasteiger partial charge in [0.2, 0.25) is 15.2 Å². The molecule has 2 aromatic rings. The molecule has 1 aromatic heterocycles. The van der Waals surface area contributed by atoms with Crippen molar-refractivity contribution in [2.75, 3.05) is 28.7 Å². The predicted octanol–water partition coefficient (Wildman–Crippen LogP) is 2.46. The predicted molar refractivity (Wildman–Crippen MR) is 98.5 cm³/mol. The molecule has 1 amide bonds. The summed E-state index contributed by atoms with van der Waals surface area (Å²) in [5, 5.41) is 10.9. The fourth-order valence-electron chi connectivity index (χ4n) is 1.63. The van der Waals surface area contributed by atoms with E-state index in [4.69, 9.17) is 0 Å². The molecule has 0 bridgehead atoms. The number of carbonyl (C=O) groups is 1. The van der Waals surface area contributed by atoms with E-state index < -0.39 is 10.0 Å². The van der Waals surface area contributed by atoms with Crippen molar-refractivity contribution in [2.24, 2.45) is 0 Å². The summed E-state index contributed by atoms with van der Waals surface area (Å²) in [5.74, 6) is 0.387. The number of anilines is 2. The Bertz CT molecular complexity index is 831. The summed E-state index contributed by atoms with van der Waals surface area (Å²) in [6.07, 6.45) is 2.88. The number of carbonyl (C=O) groups excluding carboxylic acids is 1. The molecule has 0 fully saturated rings. The molecule has 0 radical (unpaired) electrons. The van der Waals surface area contributed by atoms with Crippen LogP contribution in [0.4, 0.5) is 10.8 Å². The second kappa shape index (κ2) is 7.77. The number of rotatable bonds is 7. The molecule has 0 saturated heterocycles. The Morgan fingerprint density at radius 1 is 1.38 bits per heavy atom. The summed E-state index contributed by atoms with van der Waals surface area (Å²) in [6.45, 7) is 3.63. The van der Waals surface area contributed by atoms with E-state index in [1.54, 1.807) is 30.3 Å². The average molecular weight is 385 g/mol. The van der Waals surface area contributed by atoms with Crippen LogP contribution in [-0.2, 0) is 10.0 Å². The zero-order chi connectivity index (χ0) is 17.7. The third-order valence-corrected chi connectivity index (χ3v) is 6.12. The van der Waals surface area contributed by atoms with Gasteiger partial charge in [-0.15, -0.1) is 16.8 Å². The number of sulfonamides is 1. The van der Waals surface area contributed by atoms with E-state index in [0.29, 0.717) is 16.4 Å². The number of benzene rings is 1. The van der Waals surface area contributed by atoms with Crippen LogP contribution >= 0.6 is 23.1 Å². The molecule has 0 aliphatic rings. The van der Waals surface area contributed by atoms with Crippen LogP contribution in [0.2, 0.25) is 0 Å². The molecule has 0 aliphatic heterocycles. The Balaban J connectivity index is 2.05. The first-order valence-electron chi connectivity index (χ1n) is 6.74. The largest absolute Gasteiger partial charge is 0.296 e. The van der Waals surface area contributed by atoms with E-state index in [1.807, 2.05) is 0 Å².